The number of hydrogen-bond donors (Lipinski definition) is 2. The van der Waals surface area contributed by atoms with E-state index in [9.17, 15) is 13.2 Å². The number of guanidine groups is 1. The molecule has 0 aromatic heterocycles. The molecule has 1 aliphatic heterocycles. The lowest BCUT2D eigenvalue weighted by molar-refractivity contribution is -0.138. The molecule has 10 heteroatoms. The van der Waals surface area contributed by atoms with Gasteiger partial charge in [-0.3, -0.25) is 9.79 Å². The van der Waals surface area contributed by atoms with Gasteiger partial charge in [-0.05, 0) is 31.6 Å². The normalized spacial score (nSPS) is 21.1. The summed E-state index contributed by atoms with van der Waals surface area (Å²) in [6.07, 6.45) is 6.97. The van der Waals surface area contributed by atoms with Gasteiger partial charge in [-0.1, -0.05) is 12.8 Å². The Kier molecular flexibility index (Phi) is 9.95. The maximum atomic E-state index is 12.7. The Hall–Kier alpha value is -0.620. The Labute approximate surface area is 187 Å². The highest BCUT2D eigenvalue weighted by Gasteiger charge is 2.42. The molecule has 0 unspecified atom stereocenters. The van der Waals surface area contributed by atoms with Gasteiger partial charge < -0.3 is 15.5 Å². The molecule has 8 nitrogen and oxygen atoms in total. The summed E-state index contributed by atoms with van der Waals surface area (Å²) in [6.45, 7) is 2.51. The third kappa shape index (κ3) is 6.72. The van der Waals surface area contributed by atoms with Gasteiger partial charge in [-0.2, -0.15) is 0 Å². The predicted octanol–water partition coefficient (Wildman–Crippen LogP) is 1.09. The summed E-state index contributed by atoms with van der Waals surface area (Å²) in [6, 6.07) is 0. The maximum Gasteiger partial charge on any atom is 0.230 e. The lowest BCUT2D eigenvalue weighted by atomic mass is 9.84. The number of nitrogens with zero attached hydrogens (tertiary/aromatic N) is 3. The molecular weight excluding hydrogens is 493 g/mol. The number of hydrogen-bond acceptors (Lipinski definition) is 4. The van der Waals surface area contributed by atoms with Crippen molar-refractivity contribution < 1.29 is 13.2 Å². The zero-order valence-corrected chi connectivity index (χ0v) is 20.7. The first-order valence-corrected chi connectivity index (χ1v) is 11.6. The van der Waals surface area contributed by atoms with E-state index in [1.165, 1.54) is 6.26 Å². The van der Waals surface area contributed by atoms with Gasteiger partial charge in [0.2, 0.25) is 15.9 Å². The van der Waals surface area contributed by atoms with Crippen LogP contribution >= 0.6 is 24.0 Å². The molecule has 2 fully saturated rings. The van der Waals surface area contributed by atoms with Crippen molar-refractivity contribution in [2.45, 2.75) is 38.5 Å². The van der Waals surface area contributed by atoms with Gasteiger partial charge in [0.25, 0.3) is 0 Å². The van der Waals surface area contributed by atoms with Crippen molar-refractivity contribution in [3.8, 4) is 0 Å². The number of nitrogens with one attached hydrogen (secondary N) is 2. The minimum Gasteiger partial charge on any atom is -0.356 e. The van der Waals surface area contributed by atoms with Gasteiger partial charge in [-0.15, -0.1) is 24.0 Å². The van der Waals surface area contributed by atoms with Crippen LogP contribution in [0.2, 0.25) is 0 Å². The molecule has 1 heterocycles. The fraction of sp³-hybridized carbons (Fsp3) is 0.889. The molecule has 0 atom stereocenters. The van der Waals surface area contributed by atoms with Crippen molar-refractivity contribution >= 4 is 45.9 Å². The fourth-order valence-corrected chi connectivity index (χ4v) is 5.03. The van der Waals surface area contributed by atoms with Crippen LogP contribution in [0.5, 0.6) is 0 Å². The highest BCUT2D eigenvalue weighted by molar-refractivity contribution is 14.0. The van der Waals surface area contributed by atoms with Crippen LogP contribution in [-0.2, 0) is 14.8 Å². The lowest BCUT2D eigenvalue weighted by Gasteiger charge is -2.32. The highest BCUT2D eigenvalue weighted by atomic mass is 127. The van der Waals surface area contributed by atoms with Gasteiger partial charge in [0, 0.05) is 47.3 Å². The van der Waals surface area contributed by atoms with Crippen LogP contribution in [0, 0.1) is 11.3 Å². The summed E-state index contributed by atoms with van der Waals surface area (Å²) in [5, 5.41) is 6.69. The number of piperidine rings is 1. The van der Waals surface area contributed by atoms with E-state index < -0.39 is 10.0 Å². The molecule has 1 aliphatic carbocycles. The SMILES string of the molecule is CN=C(NCC1CCN(S(C)(=O)=O)CC1)NCC1(C(=O)N(C)C)CCCC1.I. The molecule has 0 aromatic carbocycles. The van der Waals surface area contributed by atoms with E-state index in [1.807, 2.05) is 14.1 Å². The Bertz CT molecular complexity index is 640. The number of carbonyl (C=O) groups excluding carboxylic acids is 1. The molecule has 28 heavy (non-hydrogen) atoms. The molecule has 2 N–H and O–H groups in total. The molecule has 0 spiro atoms. The van der Waals surface area contributed by atoms with E-state index in [-0.39, 0.29) is 35.3 Å². The molecular formula is C18H36IN5O3S. The molecule has 1 saturated heterocycles. The minimum atomic E-state index is -3.08. The van der Waals surface area contributed by atoms with E-state index in [0.29, 0.717) is 31.5 Å². The molecule has 1 amide bonds. The van der Waals surface area contributed by atoms with Gasteiger partial charge >= 0.3 is 0 Å². The van der Waals surface area contributed by atoms with Crippen LogP contribution in [-0.4, -0.2) is 83.1 Å². The van der Waals surface area contributed by atoms with Crippen LogP contribution in [0.3, 0.4) is 0 Å². The Balaban J connectivity index is 0.00000392. The zero-order chi connectivity index (χ0) is 20.1. The summed E-state index contributed by atoms with van der Waals surface area (Å²) >= 11 is 0. The molecule has 2 aliphatic rings. The standard InChI is InChI=1S/C18H35N5O3S.HI/c1-19-17(20-13-15-7-11-23(12-8-15)27(4,25)26)21-14-18(9-5-6-10-18)16(24)22(2)3;/h15H,5-14H2,1-4H3,(H2,19,20,21);1H. The van der Waals surface area contributed by atoms with E-state index in [1.54, 1.807) is 16.3 Å². The monoisotopic (exact) mass is 529 g/mol. The largest absolute Gasteiger partial charge is 0.356 e. The molecule has 164 valence electrons. The minimum absolute atomic E-state index is 0. The van der Waals surface area contributed by atoms with Gasteiger partial charge in [0.05, 0.1) is 11.7 Å². The second-order valence-corrected chi connectivity index (χ2v) is 10.1. The molecule has 0 bridgehead atoms. The van der Waals surface area contributed by atoms with Gasteiger partial charge in [-0.25, -0.2) is 12.7 Å². The quantitative estimate of drug-likeness (QED) is 0.305. The number of carbonyl (C=O) groups is 1. The van der Waals surface area contributed by atoms with Crippen LogP contribution in [0.15, 0.2) is 4.99 Å². The summed E-state index contributed by atoms with van der Waals surface area (Å²) in [7, 11) is 2.28. The molecule has 0 radical (unpaired) electrons. The first kappa shape index (κ1) is 25.4. The molecule has 2 rings (SSSR count). The van der Waals surface area contributed by atoms with Crippen molar-refractivity contribution in [2.75, 3.05) is 53.6 Å². The van der Waals surface area contributed by atoms with Crippen molar-refractivity contribution in [2.24, 2.45) is 16.3 Å². The highest BCUT2D eigenvalue weighted by Crippen LogP contribution is 2.38. The van der Waals surface area contributed by atoms with Crippen LogP contribution in [0.4, 0.5) is 0 Å². The summed E-state index contributed by atoms with van der Waals surface area (Å²) < 4.78 is 24.7. The van der Waals surface area contributed by atoms with Crippen LogP contribution < -0.4 is 10.6 Å². The van der Waals surface area contributed by atoms with Crippen molar-refractivity contribution in [1.29, 1.82) is 0 Å². The first-order chi connectivity index (χ1) is 12.7. The number of rotatable bonds is 6. The fourth-order valence-electron chi connectivity index (χ4n) is 4.15. The van der Waals surface area contributed by atoms with Crippen LogP contribution in [0.25, 0.3) is 0 Å². The van der Waals surface area contributed by atoms with Crippen molar-refractivity contribution in [3.63, 3.8) is 0 Å². The number of amides is 1. The van der Waals surface area contributed by atoms with E-state index in [0.717, 1.165) is 45.1 Å². The van der Waals surface area contributed by atoms with Crippen LogP contribution in [0.1, 0.15) is 38.5 Å². The third-order valence-electron chi connectivity index (χ3n) is 5.84. The summed E-state index contributed by atoms with van der Waals surface area (Å²) in [5.74, 6) is 1.32. The van der Waals surface area contributed by atoms with E-state index in [2.05, 4.69) is 15.6 Å². The number of halogens is 1. The maximum absolute atomic E-state index is 12.7. The second-order valence-electron chi connectivity index (χ2n) is 8.10. The summed E-state index contributed by atoms with van der Waals surface area (Å²) in [5.41, 5.74) is -0.331. The first-order valence-electron chi connectivity index (χ1n) is 9.79. The molecule has 1 saturated carbocycles. The lowest BCUT2D eigenvalue weighted by Crippen LogP contribution is -2.50. The topological polar surface area (TPSA) is 94.1 Å². The Morgan fingerprint density at radius 2 is 1.75 bits per heavy atom. The Morgan fingerprint density at radius 3 is 2.21 bits per heavy atom. The molecule has 0 aromatic rings. The second kappa shape index (κ2) is 11.0. The third-order valence-corrected chi connectivity index (χ3v) is 7.14. The number of aliphatic imine (C=N–C) groups is 1. The van der Waals surface area contributed by atoms with Gasteiger partial charge in [0.1, 0.15) is 0 Å². The van der Waals surface area contributed by atoms with E-state index in [4.69, 9.17) is 0 Å². The van der Waals surface area contributed by atoms with Crippen molar-refractivity contribution in [3.05, 3.63) is 0 Å². The number of sulfonamides is 1. The predicted molar refractivity (Wildman–Crippen MR) is 124 cm³/mol. The zero-order valence-electron chi connectivity index (χ0n) is 17.5. The average Bonchev–Trinajstić information content (AvgIpc) is 3.10. The van der Waals surface area contributed by atoms with Gasteiger partial charge in [0.15, 0.2) is 5.96 Å². The summed E-state index contributed by atoms with van der Waals surface area (Å²) in [4.78, 5) is 18.6. The smallest absolute Gasteiger partial charge is 0.230 e. The van der Waals surface area contributed by atoms with E-state index >= 15 is 0 Å². The van der Waals surface area contributed by atoms with Crippen molar-refractivity contribution in [1.82, 2.24) is 19.8 Å². The Morgan fingerprint density at radius 1 is 1.18 bits per heavy atom. The average molecular weight is 529 g/mol.